The van der Waals surface area contributed by atoms with Crippen LogP contribution in [0.1, 0.15) is 11.3 Å². The fourth-order valence-corrected chi connectivity index (χ4v) is 2.44. The van der Waals surface area contributed by atoms with Crippen molar-refractivity contribution in [1.82, 2.24) is 9.78 Å². The van der Waals surface area contributed by atoms with Crippen LogP contribution in [0.3, 0.4) is 0 Å². The van der Waals surface area contributed by atoms with Crippen molar-refractivity contribution in [3.8, 4) is 11.6 Å². The lowest BCUT2D eigenvalue weighted by Crippen LogP contribution is -2.03. The third kappa shape index (κ3) is 3.00. The number of aryl methyl sites for hydroxylation is 1. The summed E-state index contributed by atoms with van der Waals surface area (Å²) in [6.45, 7) is 2.47. The number of benzene rings is 2. The van der Waals surface area contributed by atoms with Gasteiger partial charge in [0.25, 0.3) is 0 Å². The van der Waals surface area contributed by atoms with Crippen LogP contribution in [-0.2, 0) is 6.61 Å². The van der Waals surface area contributed by atoms with E-state index < -0.39 is 0 Å². The van der Waals surface area contributed by atoms with Crippen LogP contribution in [-0.4, -0.2) is 9.78 Å². The quantitative estimate of drug-likeness (QED) is 0.696. The van der Waals surface area contributed by atoms with E-state index in [2.05, 4.69) is 21.0 Å². The Bertz CT molecular complexity index is 723. The summed E-state index contributed by atoms with van der Waals surface area (Å²) < 4.78 is 8.70. The molecule has 0 fully saturated rings. The van der Waals surface area contributed by atoms with Crippen molar-refractivity contribution >= 4 is 15.9 Å². The smallest absolute Gasteiger partial charge is 0.232 e. The van der Waals surface area contributed by atoms with E-state index >= 15 is 0 Å². The first-order chi connectivity index (χ1) is 10.3. The van der Waals surface area contributed by atoms with E-state index in [1.807, 2.05) is 72.3 Å². The fraction of sp³-hybridized carbons (Fsp3) is 0.118. The second-order valence-corrected chi connectivity index (χ2v) is 5.52. The van der Waals surface area contributed by atoms with Crippen LogP contribution >= 0.6 is 15.9 Å². The number of hydrogen-bond acceptors (Lipinski definition) is 2. The minimum Gasteiger partial charge on any atom is -0.472 e. The lowest BCUT2D eigenvalue weighted by Gasteiger charge is -2.10. The minimum atomic E-state index is 0.511. The Kier molecular flexibility index (Phi) is 4.06. The van der Waals surface area contributed by atoms with E-state index in [0.717, 1.165) is 27.3 Å². The summed E-state index contributed by atoms with van der Waals surface area (Å²) in [5.74, 6) is 0.725. The van der Waals surface area contributed by atoms with Crippen molar-refractivity contribution in [3.63, 3.8) is 0 Å². The van der Waals surface area contributed by atoms with Crippen molar-refractivity contribution in [3.05, 3.63) is 76.4 Å². The molecule has 1 heterocycles. The largest absolute Gasteiger partial charge is 0.472 e. The molecule has 0 unspecified atom stereocenters. The van der Waals surface area contributed by atoms with Crippen LogP contribution in [0, 0.1) is 6.92 Å². The first-order valence-electron chi connectivity index (χ1n) is 6.73. The van der Waals surface area contributed by atoms with Crippen molar-refractivity contribution in [1.29, 1.82) is 0 Å². The van der Waals surface area contributed by atoms with E-state index in [9.17, 15) is 0 Å². The summed E-state index contributed by atoms with van der Waals surface area (Å²) in [6, 6.07) is 20.1. The molecule has 1 aromatic heterocycles. The summed E-state index contributed by atoms with van der Waals surface area (Å²) in [5.41, 5.74) is 3.01. The average molecular weight is 343 g/mol. The predicted octanol–water partition coefficient (Wildman–Crippen LogP) is 4.52. The zero-order valence-electron chi connectivity index (χ0n) is 11.7. The van der Waals surface area contributed by atoms with Crippen LogP contribution < -0.4 is 4.74 Å². The van der Waals surface area contributed by atoms with Gasteiger partial charge in [-0.15, -0.1) is 0 Å². The average Bonchev–Trinajstić information content (AvgIpc) is 2.82. The van der Waals surface area contributed by atoms with Gasteiger partial charge in [0.1, 0.15) is 11.1 Å². The molecule has 0 saturated carbocycles. The molecule has 3 nitrogen and oxygen atoms in total. The SMILES string of the molecule is Cc1nn(-c2ccccc2)c(OCc2ccccc2)c1Br. The highest BCUT2D eigenvalue weighted by Crippen LogP contribution is 2.31. The second-order valence-electron chi connectivity index (χ2n) is 4.73. The highest BCUT2D eigenvalue weighted by atomic mass is 79.9. The standard InChI is InChI=1S/C17H15BrN2O/c1-13-16(18)17(21-12-14-8-4-2-5-9-14)20(19-13)15-10-6-3-7-11-15/h2-11H,12H2,1H3. The van der Waals surface area contributed by atoms with Crippen LogP contribution in [0.2, 0.25) is 0 Å². The van der Waals surface area contributed by atoms with Crippen LogP contribution in [0.5, 0.6) is 5.88 Å². The van der Waals surface area contributed by atoms with Gasteiger partial charge in [-0.25, -0.2) is 0 Å². The normalized spacial score (nSPS) is 10.6. The summed E-state index contributed by atoms with van der Waals surface area (Å²) in [5, 5.41) is 4.54. The summed E-state index contributed by atoms with van der Waals surface area (Å²) in [7, 11) is 0. The van der Waals surface area contributed by atoms with Crippen molar-refractivity contribution in [2.45, 2.75) is 13.5 Å². The van der Waals surface area contributed by atoms with E-state index in [1.165, 1.54) is 0 Å². The molecule has 0 amide bonds. The highest BCUT2D eigenvalue weighted by molar-refractivity contribution is 9.10. The Morgan fingerprint density at radius 3 is 2.29 bits per heavy atom. The number of aromatic nitrogens is 2. The topological polar surface area (TPSA) is 27.1 Å². The van der Waals surface area contributed by atoms with Gasteiger partial charge in [0.2, 0.25) is 5.88 Å². The third-order valence-corrected chi connectivity index (χ3v) is 4.08. The zero-order chi connectivity index (χ0) is 14.7. The van der Waals surface area contributed by atoms with Crippen molar-refractivity contribution in [2.75, 3.05) is 0 Å². The molecule has 0 aliphatic rings. The van der Waals surface area contributed by atoms with E-state index in [4.69, 9.17) is 4.74 Å². The predicted molar refractivity (Wildman–Crippen MR) is 86.8 cm³/mol. The van der Waals surface area contributed by atoms with Gasteiger partial charge in [-0.3, -0.25) is 0 Å². The van der Waals surface area contributed by atoms with E-state index in [1.54, 1.807) is 0 Å². The maximum absolute atomic E-state index is 5.98. The van der Waals surface area contributed by atoms with Crippen LogP contribution in [0.25, 0.3) is 5.69 Å². The van der Waals surface area contributed by atoms with Crippen molar-refractivity contribution in [2.24, 2.45) is 0 Å². The van der Waals surface area contributed by atoms with Gasteiger partial charge >= 0.3 is 0 Å². The van der Waals surface area contributed by atoms with Crippen LogP contribution in [0.15, 0.2) is 65.1 Å². The first kappa shape index (κ1) is 13.9. The fourth-order valence-electron chi connectivity index (χ4n) is 2.08. The van der Waals surface area contributed by atoms with Gasteiger partial charge in [-0.05, 0) is 40.5 Å². The van der Waals surface area contributed by atoms with E-state index in [-0.39, 0.29) is 0 Å². The number of para-hydroxylation sites is 1. The van der Waals surface area contributed by atoms with Gasteiger partial charge in [0.05, 0.1) is 11.4 Å². The summed E-state index contributed by atoms with van der Waals surface area (Å²) in [6.07, 6.45) is 0. The number of rotatable bonds is 4. The molecule has 0 bridgehead atoms. The van der Waals surface area contributed by atoms with Gasteiger partial charge in [-0.2, -0.15) is 9.78 Å². The Morgan fingerprint density at radius 2 is 1.62 bits per heavy atom. The van der Waals surface area contributed by atoms with Crippen molar-refractivity contribution < 1.29 is 4.74 Å². The second kappa shape index (κ2) is 6.14. The molecule has 21 heavy (non-hydrogen) atoms. The number of halogens is 1. The van der Waals surface area contributed by atoms with E-state index in [0.29, 0.717) is 6.61 Å². The summed E-state index contributed by atoms with van der Waals surface area (Å²) >= 11 is 3.56. The van der Waals surface area contributed by atoms with Gasteiger partial charge < -0.3 is 4.74 Å². The Balaban J connectivity index is 1.91. The van der Waals surface area contributed by atoms with Crippen LogP contribution in [0.4, 0.5) is 0 Å². The molecule has 0 aliphatic heterocycles. The minimum absolute atomic E-state index is 0.511. The summed E-state index contributed by atoms with van der Waals surface area (Å²) in [4.78, 5) is 0. The zero-order valence-corrected chi connectivity index (χ0v) is 13.2. The Morgan fingerprint density at radius 1 is 1.00 bits per heavy atom. The third-order valence-electron chi connectivity index (χ3n) is 3.17. The maximum atomic E-state index is 5.98. The molecule has 2 aromatic carbocycles. The van der Waals surface area contributed by atoms with Gasteiger partial charge in [-0.1, -0.05) is 48.5 Å². The molecular formula is C17H15BrN2O. The molecule has 3 rings (SSSR count). The number of nitrogens with zero attached hydrogens (tertiary/aromatic N) is 2. The Labute approximate surface area is 132 Å². The molecule has 0 radical (unpaired) electrons. The molecule has 0 spiro atoms. The first-order valence-corrected chi connectivity index (χ1v) is 7.52. The highest BCUT2D eigenvalue weighted by Gasteiger charge is 2.15. The maximum Gasteiger partial charge on any atom is 0.232 e. The molecule has 3 aromatic rings. The molecular weight excluding hydrogens is 328 g/mol. The molecule has 0 N–H and O–H groups in total. The lowest BCUT2D eigenvalue weighted by atomic mass is 10.2. The van der Waals surface area contributed by atoms with Gasteiger partial charge in [0.15, 0.2) is 0 Å². The number of hydrogen-bond donors (Lipinski definition) is 0. The molecule has 4 heteroatoms. The molecule has 0 atom stereocenters. The molecule has 0 saturated heterocycles. The van der Waals surface area contributed by atoms with Gasteiger partial charge in [0, 0.05) is 0 Å². The number of ether oxygens (including phenoxy) is 1. The molecule has 106 valence electrons. The lowest BCUT2D eigenvalue weighted by molar-refractivity contribution is 0.283. The monoisotopic (exact) mass is 342 g/mol. The molecule has 0 aliphatic carbocycles. The Hall–Kier alpha value is -2.07.